The molecule has 0 amide bonds. The van der Waals surface area contributed by atoms with Crippen LogP contribution in [0.5, 0.6) is 0 Å². The monoisotopic (exact) mass is 437 g/mol. The van der Waals surface area contributed by atoms with Crippen molar-refractivity contribution < 1.29 is 0 Å². The summed E-state index contributed by atoms with van der Waals surface area (Å²) in [6.07, 6.45) is 7.64. The maximum absolute atomic E-state index is 4.70. The van der Waals surface area contributed by atoms with E-state index in [2.05, 4.69) is 67.4 Å². The lowest BCUT2D eigenvalue weighted by molar-refractivity contribution is 0.249. The fraction of sp³-hybridized carbons (Fsp3) is 0.435. The van der Waals surface area contributed by atoms with Crippen LogP contribution in [0, 0.1) is 6.92 Å². The van der Waals surface area contributed by atoms with Crippen molar-refractivity contribution in [2.75, 3.05) is 37.3 Å². The third-order valence-electron chi connectivity index (χ3n) is 5.90. The summed E-state index contributed by atoms with van der Waals surface area (Å²) in [5.74, 6) is 0.979. The first-order valence-electron chi connectivity index (χ1n) is 10.8. The molecule has 1 aliphatic heterocycles. The first-order valence-corrected chi connectivity index (χ1v) is 12.1. The van der Waals surface area contributed by atoms with Gasteiger partial charge in [-0.3, -0.25) is 19.3 Å². The molecular weight excluding hydrogens is 406 g/mol. The van der Waals surface area contributed by atoms with Crippen molar-refractivity contribution in [2.45, 2.75) is 33.5 Å². The first-order chi connectivity index (χ1) is 15.2. The average Bonchev–Trinajstić information content (AvgIpc) is 3.17. The Morgan fingerprint density at radius 3 is 2.45 bits per heavy atom. The highest BCUT2D eigenvalue weighted by molar-refractivity contribution is 7.96. The van der Waals surface area contributed by atoms with Crippen LogP contribution in [0.2, 0.25) is 0 Å². The molecule has 8 heteroatoms. The van der Waals surface area contributed by atoms with Gasteiger partial charge in [0.2, 0.25) is 0 Å². The molecule has 3 heterocycles. The van der Waals surface area contributed by atoms with Crippen molar-refractivity contribution in [3.05, 3.63) is 59.7 Å². The van der Waals surface area contributed by atoms with E-state index in [9.17, 15) is 0 Å². The van der Waals surface area contributed by atoms with Crippen LogP contribution in [0.4, 0.5) is 5.82 Å². The fourth-order valence-electron chi connectivity index (χ4n) is 4.02. The van der Waals surface area contributed by atoms with Gasteiger partial charge >= 0.3 is 0 Å². The highest BCUT2D eigenvalue weighted by Gasteiger charge is 2.22. The van der Waals surface area contributed by atoms with Crippen LogP contribution in [-0.2, 0) is 19.6 Å². The number of aryl methyl sites for hydroxylation is 1. The number of nitrogens with one attached hydrogen (secondary N) is 1. The predicted molar refractivity (Wildman–Crippen MR) is 128 cm³/mol. The molecule has 1 aromatic carbocycles. The molecule has 1 N–H and O–H groups in total. The van der Waals surface area contributed by atoms with Crippen molar-refractivity contribution >= 4 is 17.8 Å². The maximum Gasteiger partial charge on any atom is 0.155 e. The van der Waals surface area contributed by atoms with Gasteiger partial charge in [-0.2, -0.15) is 5.10 Å². The lowest BCUT2D eigenvalue weighted by Crippen LogP contribution is -2.46. The number of hydrogen-bond donors (Lipinski definition) is 1. The Bertz CT molecular complexity index is 978. The molecule has 0 unspecified atom stereocenters. The molecular formula is C23H31N7S. The maximum atomic E-state index is 4.70. The predicted octanol–water partition coefficient (Wildman–Crippen LogP) is 3.36. The molecule has 0 radical (unpaired) electrons. The van der Waals surface area contributed by atoms with Crippen molar-refractivity contribution in [3.63, 3.8) is 0 Å². The molecule has 0 bridgehead atoms. The average molecular weight is 438 g/mol. The SMILES string of the molecule is CCn1ncc(CN2CCN(c3nccnc3-c3ccc(CNSC)cc3)CC2)c1C. The lowest BCUT2D eigenvalue weighted by atomic mass is 10.1. The fourth-order valence-corrected chi connectivity index (χ4v) is 4.33. The summed E-state index contributed by atoms with van der Waals surface area (Å²) in [5.41, 5.74) is 5.93. The van der Waals surface area contributed by atoms with E-state index in [4.69, 9.17) is 4.98 Å². The van der Waals surface area contributed by atoms with Gasteiger partial charge in [-0.1, -0.05) is 36.2 Å². The van der Waals surface area contributed by atoms with Gasteiger partial charge in [-0.05, 0) is 25.7 Å². The molecule has 0 saturated carbocycles. The summed E-state index contributed by atoms with van der Waals surface area (Å²) >= 11 is 1.63. The number of nitrogens with zero attached hydrogens (tertiary/aromatic N) is 6. The molecule has 3 aromatic rings. The van der Waals surface area contributed by atoms with E-state index in [-0.39, 0.29) is 0 Å². The van der Waals surface area contributed by atoms with E-state index in [1.54, 1.807) is 24.3 Å². The second-order valence-corrected chi connectivity index (χ2v) is 8.48. The minimum absolute atomic E-state index is 0.855. The van der Waals surface area contributed by atoms with Crippen LogP contribution in [0.15, 0.2) is 42.9 Å². The Morgan fingerprint density at radius 1 is 1.03 bits per heavy atom. The molecule has 7 nitrogen and oxygen atoms in total. The van der Waals surface area contributed by atoms with Crippen LogP contribution >= 0.6 is 11.9 Å². The smallest absolute Gasteiger partial charge is 0.155 e. The molecule has 31 heavy (non-hydrogen) atoms. The summed E-state index contributed by atoms with van der Waals surface area (Å²) in [4.78, 5) is 14.3. The number of anilines is 1. The van der Waals surface area contributed by atoms with E-state index in [1.165, 1.54) is 16.8 Å². The number of benzene rings is 1. The zero-order valence-corrected chi connectivity index (χ0v) is 19.4. The summed E-state index contributed by atoms with van der Waals surface area (Å²) in [7, 11) is 0. The Morgan fingerprint density at radius 2 is 1.77 bits per heavy atom. The Balaban J connectivity index is 1.42. The Hall–Kier alpha value is -2.42. The van der Waals surface area contributed by atoms with Gasteiger partial charge in [0.15, 0.2) is 5.82 Å². The number of piperazine rings is 1. The van der Waals surface area contributed by atoms with E-state index >= 15 is 0 Å². The molecule has 0 spiro atoms. The van der Waals surface area contributed by atoms with Crippen molar-refractivity contribution in [1.82, 2.24) is 29.4 Å². The van der Waals surface area contributed by atoms with Gasteiger partial charge in [0.25, 0.3) is 0 Å². The number of hydrogen-bond acceptors (Lipinski definition) is 7. The molecule has 2 aromatic heterocycles. The Labute approximate surface area is 189 Å². The van der Waals surface area contributed by atoms with Crippen LogP contribution in [-0.4, -0.2) is 57.1 Å². The highest BCUT2D eigenvalue weighted by atomic mass is 32.2. The topological polar surface area (TPSA) is 62.1 Å². The number of rotatable bonds is 8. The molecule has 1 saturated heterocycles. The second kappa shape index (κ2) is 10.3. The molecule has 0 atom stereocenters. The summed E-state index contributed by atoms with van der Waals surface area (Å²) in [6.45, 7) is 10.9. The molecule has 164 valence electrons. The summed E-state index contributed by atoms with van der Waals surface area (Å²) in [6, 6.07) is 8.62. The Kier molecular flexibility index (Phi) is 7.21. The van der Waals surface area contributed by atoms with Gasteiger partial charge < -0.3 is 4.90 Å². The van der Waals surface area contributed by atoms with Crippen molar-refractivity contribution in [2.24, 2.45) is 0 Å². The second-order valence-electron chi connectivity index (χ2n) is 7.78. The van der Waals surface area contributed by atoms with E-state index in [0.29, 0.717) is 0 Å². The van der Waals surface area contributed by atoms with Gasteiger partial charge in [-0.25, -0.2) is 4.98 Å². The van der Waals surface area contributed by atoms with Crippen LogP contribution in [0.3, 0.4) is 0 Å². The van der Waals surface area contributed by atoms with Crippen molar-refractivity contribution in [1.29, 1.82) is 0 Å². The van der Waals surface area contributed by atoms with Gasteiger partial charge in [-0.15, -0.1) is 0 Å². The normalized spacial score (nSPS) is 14.9. The summed E-state index contributed by atoms with van der Waals surface area (Å²) < 4.78 is 5.36. The minimum atomic E-state index is 0.855. The standard InChI is InChI=1S/C23H31N7S/c1-4-30-18(2)21(16-26-30)17-28-11-13-29(14-12-28)23-22(24-9-10-25-23)20-7-5-19(6-8-20)15-27-31-3/h5-10,16,27H,4,11-15,17H2,1-3H3. The third-order valence-corrected chi connectivity index (χ3v) is 6.33. The van der Waals surface area contributed by atoms with E-state index in [0.717, 1.165) is 62.9 Å². The molecule has 1 aliphatic rings. The zero-order chi connectivity index (χ0) is 21.6. The number of aromatic nitrogens is 4. The first kappa shape index (κ1) is 21.8. The van der Waals surface area contributed by atoms with Gasteiger partial charge in [0, 0.05) is 75.0 Å². The lowest BCUT2D eigenvalue weighted by Gasteiger charge is -2.35. The van der Waals surface area contributed by atoms with E-state index < -0.39 is 0 Å². The van der Waals surface area contributed by atoms with Crippen LogP contribution in [0.1, 0.15) is 23.7 Å². The van der Waals surface area contributed by atoms with Gasteiger partial charge in [0.1, 0.15) is 5.69 Å². The molecule has 0 aliphatic carbocycles. The molecule has 4 rings (SSSR count). The molecule has 1 fully saturated rings. The van der Waals surface area contributed by atoms with Crippen LogP contribution < -0.4 is 9.62 Å². The van der Waals surface area contributed by atoms with Crippen molar-refractivity contribution in [3.8, 4) is 11.3 Å². The highest BCUT2D eigenvalue weighted by Crippen LogP contribution is 2.28. The minimum Gasteiger partial charge on any atom is -0.352 e. The van der Waals surface area contributed by atoms with Crippen LogP contribution in [0.25, 0.3) is 11.3 Å². The third kappa shape index (κ3) is 5.08. The van der Waals surface area contributed by atoms with Gasteiger partial charge in [0.05, 0.1) is 6.20 Å². The largest absolute Gasteiger partial charge is 0.352 e. The quantitative estimate of drug-likeness (QED) is 0.542. The summed E-state index contributed by atoms with van der Waals surface area (Å²) in [5, 5.41) is 4.49. The van der Waals surface area contributed by atoms with E-state index in [1.807, 2.05) is 12.5 Å². The zero-order valence-electron chi connectivity index (χ0n) is 18.6.